The molecule has 3 aromatic carbocycles. The van der Waals surface area contributed by atoms with Crippen molar-refractivity contribution in [3.8, 4) is 11.3 Å². The van der Waals surface area contributed by atoms with Gasteiger partial charge in [0, 0.05) is 33.9 Å². The summed E-state index contributed by atoms with van der Waals surface area (Å²) in [4.78, 5) is 36.7. The molecule has 4 aromatic rings. The number of aromatic nitrogens is 2. The maximum absolute atomic E-state index is 13.2. The quantitative estimate of drug-likeness (QED) is 0.198. The fraction of sp³-hybridized carbons (Fsp3) is 0.273. The van der Waals surface area contributed by atoms with Crippen LogP contribution in [0.15, 0.2) is 84.6 Å². The Hall–Kier alpha value is -4.56. The molecule has 4 rings (SSSR count). The zero-order valence-corrected chi connectivity index (χ0v) is 24.4. The third kappa shape index (κ3) is 7.99. The summed E-state index contributed by atoms with van der Waals surface area (Å²) in [6.07, 6.45) is 3.25. The van der Waals surface area contributed by atoms with Gasteiger partial charge < -0.3 is 20.9 Å². The predicted molar refractivity (Wildman–Crippen MR) is 168 cm³/mol. The Morgan fingerprint density at radius 3 is 2.39 bits per heavy atom. The molecule has 1 heterocycles. The standard InChI is InChI=1S/C33H38N6O2/c1-6-24(32(41)36-29-20-26(19-16-22(29)2)35-30(40)21-39(4)5)18-17-23(3)34-33-37-28-15-11-10-14-27(28)31(38-33)25-12-8-7-9-13-25/h7-17,19-20,24H,6,18,21H2,1-5H3,(H,35,40)(H,36,41)(H,34,37,38)/b23-17+. The number of hydrogen-bond acceptors (Lipinski definition) is 6. The second kappa shape index (κ2) is 13.7. The van der Waals surface area contributed by atoms with Crippen LogP contribution in [-0.2, 0) is 9.59 Å². The SMILES string of the molecule is CCC(C/C=C(\C)Nc1nc(-c2ccccc2)c2ccccc2n1)C(=O)Nc1cc(NC(=O)CN(C)C)ccc1C. The molecule has 0 bridgehead atoms. The lowest BCUT2D eigenvalue weighted by Crippen LogP contribution is -2.27. The maximum atomic E-state index is 13.2. The van der Waals surface area contributed by atoms with E-state index in [2.05, 4.69) is 16.0 Å². The molecular formula is C33H38N6O2. The molecule has 41 heavy (non-hydrogen) atoms. The number of nitrogens with zero attached hydrogens (tertiary/aromatic N) is 3. The molecule has 0 spiro atoms. The minimum Gasteiger partial charge on any atom is -0.328 e. The molecule has 8 heteroatoms. The van der Waals surface area contributed by atoms with Crippen LogP contribution < -0.4 is 16.0 Å². The predicted octanol–water partition coefficient (Wildman–Crippen LogP) is 6.48. The lowest BCUT2D eigenvalue weighted by atomic mass is 10.00. The van der Waals surface area contributed by atoms with Crippen LogP contribution >= 0.6 is 0 Å². The van der Waals surface area contributed by atoms with Crippen molar-refractivity contribution in [3.05, 3.63) is 90.1 Å². The lowest BCUT2D eigenvalue weighted by molar-refractivity contribution is -0.120. The summed E-state index contributed by atoms with van der Waals surface area (Å²) in [5.74, 6) is 0.111. The number of anilines is 3. The van der Waals surface area contributed by atoms with Gasteiger partial charge in [0.1, 0.15) is 0 Å². The summed E-state index contributed by atoms with van der Waals surface area (Å²) in [5, 5.41) is 10.3. The summed E-state index contributed by atoms with van der Waals surface area (Å²) >= 11 is 0. The van der Waals surface area contributed by atoms with Gasteiger partial charge in [-0.2, -0.15) is 0 Å². The van der Waals surface area contributed by atoms with E-state index in [9.17, 15) is 9.59 Å². The smallest absolute Gasteiger partial charge is 0.238 e. The molecule has 0 saturated heterocycles. The van der Waals surface area contributed by atoms with Gasteiger partial charge >= 0.3 is 0 Å². The van der Waals surface area contributed by atoms with Gasteiger partial charge in [0.15, 0.2) is 0 Å². The van der Waals surface area contributed by atoms with Gasteiger partial charge in [-0.25, -0.2) is 9.97 Å². The third-order valence-electron chi connectivity index (χ3n) is 6.77. The van der Waals surface area contributed by atoms with E-state index in [1.807, 2.05) is 108 Å². The van der Waals surface area contributed by atoms with Crippen LogP contribution in [-0.4, -0.2) is 47.3 Å². The molecule has 3 N–H and O–H groups in total. The maximum Gasteiger partial charge on any atom is 0.238 e. The Labute approximate surface area is 241 Å². The number of carbonyl (C=O) groups excluding carboxylic acids is 2. The van der Waals surface area contributed by atoms with E-state index in [0.29, 0.717) is 30.2 Å². The van der Waals surface area contributed by atoms with Gasteiger partial charge in [-0.15, -0.1) is 0 Å². The summed E-state index contributed by atoms with van der Waals surface area (Å²) in [5.41, 5.74) is 5.88. The van der Waals surface area contributed by atoms with Crippen LogP contribution in [0, 0.1) is 12.8 Å². The number of para-hydroxylation sites is 1. The highest BCUT2D eigenvalue weighted by molar-refractivity contribution is 5.96. The van der Waals surface area contributed by atoms with Gasteiger partial charge in [0.05, 0.1) is 17.8 Å². The van der Waals surface area contributed by atoms with Crippen LogP contribution in [0.4, 0.5) is 17.3 Å². The van der Waals surface area contributed by atoms with Crippen molar-refractivity contribution in [1.29, 1.82) is 0 Å². The summed E-state index contributed by atoms with van der Waals surface area (Å²) < 4.78 is 0. The van der Waals surface area contributed by atoms with E-state index in [4.69, 9.17) is 9.97 Å². The first kappa shape index (κ1) is 29.4. The van der Waals surface area contributed by atoms with Crippen LogP contribution in [0.2, 0.25) is 0 Å². The van der Waals surface area contributed by atoms with Gasteiger partial charge in [-0.05, 0) is 64.5 Å². The number of benzene rings is 3. The number of likely N-dealkylation sites (N-methyl/N-ethyl adjacent to an activating group) is 1. The van der Waals surface area contributed by atoms with Crippen molar-refractivity contribution in [1.82, 2.24) is 14.9 Å². The number of hydrogen-bond donors (Lipinski definition) is 3. The fourth-order valence-corrected chi connectivity index (χ4v) is 4.51. The van der Waals surface area contributed by atoms with Crippen molar-refractivity contribution < 1.29 is 9.59 Å². The Bertz CT molecular complexity index is 1550. The minimum absolute atomic E-state index is 0.0651. The van der Waals surface area contributed by atoms with Gasteiger partial charge in [-0.1, -0.05) is 67.6 Å². The first-order valence-corrected chi connectivity index (χ1v) is 13.9. The number of nitrogens with one attached hydrogen (secondary N) is 3. The van der Waals surface area contributed by atoms with Crippen LogP contribution in [0.1, 0.15) is 32.3 Å². The molecule has 0 aliphatic carbocycles. The Balaban J connectivity index is 1.45. The van der Waals surface area contributed by atoms with Crippen LogP contribution in [0.5, 0.6) is 0 Å². The molecule has 1 unspecified atom stereocenters. The van der Waals surface area contributed by atoms with E-state index < -0.39 is 0 Å². The van der Waals surface area contributed by atoms with Crippen molar-refractivity contribution in [2.24, 2.45) is 5.92 Å². The highest BCUT2D eigenvalue weighted by atomic mass is 16.2. The average molecular weight is 551 g/mol. The molecule has 0 radical (unpaired) electrons. The fourth-order valence-electron chi connectivity index (χ4n) is 4.51. The second-order valence-corrected chi connectivity index (χ2v) is 10.4. The molecule has 2 amide bonds. The zero-order chi connectivity index (χ0) is 29.4. The van der Waals surface area contributed by atoms with Gasteiger partial charge in [-0.3, -0.25) is 9.59 Å². The van der Waals surface area contributed by atoms with Gasteiger partial charge in [0.2, 0.25) is 17.8 Å². The minimum atomic E-state index is -0.226. The molecule has 0 fully saturated rings. The van der Waals surface area contributed by atoms with E-state index in [0.717, 1.165) is 33.4 Å². The molecule has 0 aliphatic heterocycles. The number of fused-ring (bicyclic) bond motifs is 1. The Morgan fingerprint density at radius 1 is 0.927 bits per heavy atom. The van der Waals surface area contributed by atoms with E-state index >= 15 is 0 Å². The van der Waals surface area contributed by atoms with Crippen molar-refractivity contribution in [2.45, 2.75) is 33.6 Å². The number of aryl methyl sites for hydroxylation is 1. The summed E-state index contributed by atoms with van der Waals surface area (Å²) in [7, 11) is 3.68. The van der Waals surface area contributed by atoms with Crippen molar-refractivity contribution in [2.75, 3.05) is 36.6 Å². The molecule has 8 nitrogen and oxygen atoms in total. The lowest BCUT2D eigenvalue weighted by Gasteiger charge is -2.17. The van der Waals surface area contributed by atoms with Gasteiger partial charge in [0.25, 0.3) is 0 Å². The van der Waals surface area contributed by atoms with E-state index in [1.165, 1.54) is 0 Å². The first-order chi connectivity index (χ1) is 19.7. The van der Waals surface area contributed by atoms with E-state index in [-0.39, 0.29) is 24.3 Å². The molecule has 1 atom stereocenters. The van der Waals surface area contributed by atoms with Crippen LogP contribution in [0.25, 0.3) is 22.2 Å². The summed E-state index contributed by atoms with van der Waals surface area (Å²) in [6, 6.07) is 23.6. The number of amides is 2. The Kier molecular flexibility index (Phi) is 9.81. The topological polar surface area (TPSA) is 99.2 Å². The van der Waals surface area contributed by atoms with Crippen molar-refractivity contribution >= 4 is 40.0 Å². The second-order valence-electron chi connectivity index (χ2n) is 10.4. The molecular weight excluding hydrogens is 512 g/mol. The van der Waals surface area contributed by atoms with E-state index in [1.54, 1.807) is 11.0 Å². The molecule has 212 valence electrons. The zero-order valence-electron chi connectivity index (χ0n) is 24.4. The Morgan fingerprint density at radius 2 is 1.66 bits per heavy atom. The number of rotatable bonds is 11. The average Bonchev–Trinajstić information content (AvgIpc) is 2.94. The van der Waals surface area contributed by atoms with Crippen LogP contribution in [0.3, 0.4) is 0 Å². The molecule has 1 aromatic heterocycles. The third-order valence-corrected chi connectivity index (χ3v) is 6.77. The molecule has 0 saturated carbocycles. The normalized spacial score (nSPS) is 12.3. The summed E-state index contributed by atoms with van der Waals surface area (Å²) in [6.45, 7) is 6.17. The number of allylic oxidation sites excluding steroid dienone is 2. The monoisotopic (exact) mass is 550 g/mol. The number of carbonyl (C=O) groups is 2. The molecule has 0 aliphatic rings. The van der Waals surface area contributed by atoms with Crippen molar-refractivity contribution in [3.63, 3.8) is 0 Å². The highest BCUT2D eigenvalue weighted by Crippen LogP contribution is 2.28. The highest BCUT2D eigenvalue weighted by Gasteiger charge is 2.17. The first-order valence-electron chi connectivity index (χ1n) is 13.9. The largest absolute Gasteiger partial charge is 0.328 e.